The van der Waals surface area contributed by atoms with Crippen LogP contribution in [-0.4, -0.2) is 42.2 Å². The van der Waals surface area contributed by atoms with Crippen LogP contribution in [0.25, 0.3) is 0 Å². The van der Waals surface area contributed by atoms with Gasteiger partial charge in [-0.15, -0.1) is 24.2 Å². The summed E-state index contributed by atoms with van der Waals surface area (Å²) in [6, 6.07) is 8.16. The van der Waals surface area contributed by atoms with Gasteiger partial charge in [0.25, 0.3) is 0 Å². The second-order valence-electron chi connectivity index (χ2n) is 5.05. The Morgan fingerprint density at radius 1 is 1.43 bits per heavy atom. The van der Waals surface area contributed by atoms with Gasteiger partial charge in [0, 0.05) is 42.0 Å². The van der Waals surface area contributed by atoms with Crippen LogP contribution in [0.15, 0.2) is 29.2 Å². The Balaban J connectivity index is 0.00000220. The van der Waals surface area contributed by atoms with Gasteiger partial charge in [0.05, 0.1) is 0 Å². The van der Waals surface area contributed by atoms with Crippen molar-refractivity contribution in [3.8, 4) is 0 Å². The van der Waals surface area contributed by atoms with Gasteiger partial charge in [-0.05, 0) is 43.4 Å². The fourth-order valence-corrected chi connectivity index (χ4v) is 3.28. The predicted octanol–water partition coefficient (Wildman–Crippen LogP) is 3.45. The summed E-state index contributed by atoms with van der Waals surface area (Å²) in [6.45, 7) is 4.76. The minimum atomic E-state index is 0. The summed E-state index contributed by atoms with van der Waals surface area (Å²) in [7, 11) is 0. The lowest BCUT2D eigenvalue weighted by Crippen LogP contribution is -2.52. The Kier molecular flexibility index (Phi) is 8.49. The molecule has 0 spiro atoms. The molecular weight excluding hydrogens is 327 g/mol. The second-order valence-corrected chi connectivity index (χ2v) is 6.65. The second kappa shape index (κ2) is 9.57. The van der Waals surface area contributed by atoms with Crippen LogP contribution < -0.4 is 5.32 Å². The third-order valence-corrected chi connectivity index (χ3v) is 4.79. The molecule has 0 bridgehead atoms. The van der Waals surface area contributed by atoms with Gasteiger partial charge in [-0.1, -0.05) is 11.6 Å². The number of carbonyl (C=O) groups is 1. The largest absolute Gasteiger partial charge is 0.337 e. The molecule has 0 saturated carbocycles. The molecule has 6 heteroatoms. The van der Waals surface area contributed by atoms with Gasteiger partial charge in [-0.25, -0.2) is 0 Å². The van der Waals surface area contributed by atoms with Gasteiger partial charge in [0.15, 0.2) is 0 Å². The molecule has 1 aliphatic rings. The SMILES string of the molecule is CC1CNCCN1C(=O)CCCSc1ccc(Cl)cc1.Cl. The van der Waals surface area contributed by atoms with Crippen molar-refractivity contribution in [2.45, 2.75) is 30.7 Å². The maximum atomic E-state index is 12.1. The molecule has 2 rings (SSSR count). The highest BCUT2D eigenvalue weighted by Crippen LogP contribution is 2.21. The molecule has 118 valence electrons. The minimum Gasteiger partial charge on any atom is -0.337 e. The normalized spacial score (nSPS) is 18.2. The zero-order valence-corrected chi connectivity index (χ0v) is 14.6. The number of hydrogen-bond acceptors (Lipinski definition) is 3. The summed E-state index contributed by atoms with van der Waals surface area (Å²) in [5, 5.41) is 4.07. The highest BCUT2D eigenvalue weighted by molar-refractivity contribution is 7.99. The van der Waals surface area contributed by atoms with Crippen LogP contribution in [0.3, 0.4) is 0 Å². The number of thioether (sulfide) groups is 1. The number of halogens is 2. The van der Waals surface area contributed by atoms with Crippen molar-refractivity contribution >= 4 is 41.7 Å². The summed E-state index contributed by atoms with van der Waals surface area (Å²) < 4.78 is 0. The zero-order chi connectivity index (χ0) is 14.4. The van der Waals surface area contributed by atoms with Crippen LogP contribution in [0.4, 0.5) is 0 Å². The van der Waals surface area contributed by atoms with E-state index in [2.05, 4.69) is 12.2 Å². The molecule has 0 aromatic heterocycles. The summed E-state index contributed by atoms with van der Waals surface area (Å²) in [4.78, 5) is 15.3. The first-order chi connectivity index (χ1) is 9.66. The first kappa shape index (κ1) is 18.6. The third kappa shape index (κ3) is 6.07. The molecule has 1 aliphatic heterocycles. The Morgan fingerprint density at radius 2 is 2.14 bits per heavy atom. The first-order valence-corrected chi connectivity index (χ1v) is 8.42. The van der Waals surface area contributed by atoms with Gasteiger partial charge < -0.3 is 10.2 Å². The van der Waals surface area contributed by atoms with E-state index in [9.17, 15) is 4.79 Å². The average molecular weight is 349 g/mol. The predicted molar refractivity (Wildman–Crippen MR) is 92.7 cm³/mol. The Labute approximate surface area is 142 Å². The number of hydrogen-bond donors (Lipinski definition) is 1. The lowest BCUT2D eigenvalue weighted by Gasteiger charge is -2.34. The van der Waals surface area contributed by atoms with Gasteiger partial charge in [0.1, 0.15) is 0 Å². The fraction of sp³-hybridized carbons (Fsp3) is 0.533. The molecule has 1 fully saturated rings. The van der Waals surface area contributed by atoms with Crippen molar-refractivity contribution < 1.29 is 4.79 Å². The topological polar surface area (TPSA) is 32.3 Å². The number of benzene rings is 1. The highest BCUT2D eigenvalue weighted by Gasteiger charge is 2.22. The fourth-order valence-electron chi connectivity index (χ4n) is 2.30. The monoisotopic (exact) mass is 348 g/mol. The van der Waals surface area contributed by atoms with Crippen molar-refractivity contribution in [1.82, 2.24) is 10.2 Å². The van der Waals surface area contributed by atoms with E-state index in [1.807, 2.05) is 29.2 Å². The highest BCUT2D eigenvalue weighted by atomic mass is 35.5. The van der Waals surface area contributed by atoms with Crippen LogP contribution in [-0.2, 0) is 4.79 Å². The van der Waals surface area contributed by atoms with E-state index in [4.69, 9.17) is 11.6 Å². The van der Waals surface area contributed by atoms with Crippen molar-refractivity contribution in [1.29, 1.82) is 0 Å². The first-order valence-electron chi connectivity index (χ1n) is 7.05. The van der Waals surface area contributed by atoms with E-state index in [1.165, 1.54) is 4.90 Å². The van der Waals surface area contributed by atoms with Crippen LogP contribution in [0.2, 0.25) is 5.02 Å². The lowest BCUT2D eigenvalue weighted by atomic mass is 10.2. The maximum Gasteiger partial charge on any atom is 0.222 e. The molecule has 1 aromatic carbocycles. The van der Waals surface area contributed by atoms with Gasteiger partial charge >= 0.3 is 0 Å². The summed E-state index contributed by atoms with van der Waals surface area (Å²) >= 11 is 7.63. The minimum absolute atomic E-state index is 0. The Morgan fingerprint density at radius 3 is 2.81 bits per heavy atom. The van der Waals surface area contributed by atoms with E-state index in [1.54, 1.807) is 11.8 Å². The number of nitrogens with one attached hydrogen (secondary N) is 1. The number of amides is 1. The number of nitrogens with zero attached hydrogens (tertiary/aromatic N) is 1. The molecule has 0 radical (unpaired) electrons. The number of piperazine rings is 1. The molecule has 1 N–H and O–H groups in total. The Hall–Kier alpha value is -0.420. The molecule has 21 heavy (non-hydrogen) atoms. The van der Waals surface area contributed by atoms with E-state index < -0.39 is 0 Å². The number of carbonyl (C=O) groups excluding carboxylic acids is 1. The molecule has 0 aliphatic carbocycles. The van der Waals surface area contributed by atoms with Crippen LogP contribution in [0.1, 0.15) is 19.8 Å². The summed E-state index contributed by atoms with van der Waals surface area (Å²) in [5.74, 6) is 1.25. The van der Waals surface area contributed by atoms with Crippen LogP contribution in [0, 0.1) is 0 Å². The van der Waals surface area contributed by atoms with E-state index in [0.29, 0.717) is 12.5 Å². The van der Waals surface area contributed by atoms with Crippen LogP contribution in [0.5, 0.6) is 0 Å². The van der Waals surface area contributed by atoms with E-state index in [0.717, 1.165) is 36.8 Å². The number of rotatable bonds is 5. The standard InChI is InChI=1S/C15H21ClN2OS.ClH/c1-12-11-17-8-9-18(12)15(19)3-2-10-20-14-6-4-13(16)5-7-14;/h4-7,12,17H,2-3,8-11H2,1H3;1H. The maximum absolute atomic E-state index is 12.1. The molecule has 1 heterocycles. The van der Waals surface area contributed by atoms with Gasteiger partial charge in [-0.3, -0.25) is 4.79 Å². The molecule has 1 atom stereocenters. The van der Waals surface area contributed by atoms with Gasteiger partial charge in [0.2, 0.25) is 5.91 Å². The van der Waals surface area contributed by atoms with Crippen LogP contribution >= 0.6 is 35.8 Å². The molecule has 1 amide bonds. The summed E-state index contributed by atoms with van der Waals surface area (Å²) in [5.41, 5.74) is 0. The smallest absolute Gasteiger partial charge is 0.222 e. The molecule has 3 nitrogen and oxygen atoms in total. The summed E-state index contributed by atoms with van der Waals surface area (Å²) in [6.07, 6.45) is 1.56. The molecule has 1 aromatic rings. The van der Waals surface area contributed by atoms with E-state index >= 15 is 0 Å². The van der Waals surface area contributed by atoms with Crippen molar-refractivity contribution in [3.05, 3.63) is 29.3 Å². The molecular formula is C15H22Cl2N2OS. The third-order valence-electron chi connectivity index (χ3n) is 3.44. The lowest BCUT2D eigenvalue weighted by molar-refractivity contribution is -0.133. The molecule has 1 saturated heterocycles. The quantitative estimate of drug-likeness (QED) is 0.653. The van der Waals surface area contributed by atoms with Crippen molar-refractivity contribution in [2.24, 2.45) is 0 Å². The van der Waals surface area contributed by atoms with Gasteiger partial charge in [-0.2, -0.15) is 0 Å². The molecule has 1 unspecified atom stereocenters. The van der Waals surface area contributed by atoms with E-state index in [-0.39, 0.29) is 18.3 Å². The average Bonchev–Trinajstić information content (AvgIpc) is 2.46. The van der Waals surface area contributed by atoms with Crippen molar-refractivity contribution in [2.75, 3.05) is 25.4 Å². The Bertz CT molecular complexity index is 442. The zero-order valence-electron chi connectivity index (χ0n) is 12.2. The van der Waals surface area contributed by atoms with Crippen molar-refractivity contribution in [3.63, 3.8) is 0 Å².